The van der Waals surface area contributed by atoms with E-state index >= 15 is 0 Å². The minimum atomic E-state index is -0.119. The molecule has 1 amide bonds. The fourth-order valence-electron chi connectivity index (χ4n) is 4.46. The molecule has 4 aromatic rings. The molecular weight excluding hydrogens is 414 g/mol. The zero-order chi connectivity index (χ0) is 22.8. The third kappa shape index (κ3) is 4.45. The fraction of sp³-hybridized carbons (Fsp3) is 0.269. The molecule has 0 radical (unpaired) electrons. The van der Waals surface area contributed by atoms with E-state index in [-0.39, 0.29) is 5.91 Å². The van der Waals surface area contributed by atoms with Crippen LogP contribution in [0, 0.1) is 13.8 Å². The number of benzene rings is 1. The molecule has 1 aliphatic heterocycles. The lowest BCUT2D eigenvalue weighted by molar-refractivity contribution is 0.0949. The third-order valence-electron chi connectivity index (χ3n) is 6.27. The lowest BCUT2D eigenvalue weighted by atomic mass is 9.94. The van der Waals surface area contributed by atoms with Crippen LogP contribution in [0.25, 0.3) is 5.69 Å². The first-order valence-corrected chi connectivity index (χ1v) is 11.2. The minimum Gasteiger partial charge on any atom is -0.469 e. The van der Waals surface area contributed by atoms with Crippen molar-refractivity contribution in [3.8, 4) is 5.69 Å². The molecule has 0 bridgehead atoms. The molecule has 5 rings (SSSR count). The van der Waals surface area contributed by atoms with Crippen molar-refractivity contribution in [1.82, 2.24) is 25.0 Å². The summed E-state index contributed by atoms with van der Waals surface area (Å²) in [5.41, 5.74) is 7.45. The molecule has 0 fully saturated rings. The number of para-hydroxylation sites is 1. The Morgan fingerprint density at radius 3 is 2.79 bits per heavy atom. The van der Waals surface area contributed by atoms with Gasteiger partial charge in [0.05, 0.1) is 23.7 Å². The van der Waals surface area contributed by atoms with Gasteiger partial charge >= 0.3 is 0 Å². The Balaban J connectivity index is 1.27. The highest BCUT2D eigenvalue weighted by Gasteiger charge is 2.22. The molecule has 0 saturated carbocycles. The minimum absolute atomic E-state index is 0.119. The number of hydrogen-bond donors (Lipinski definition) is 1. The van der Waals surface area contributed by atoms with Crippen molar-refractivity contribution in [2.45, 2.75) is 39.9 Å². The van der Waals surface area contributed by atoms with Gasteiger partial charge in [-0.05, 0) is 55.2 Å². The van der Waals surface area contributed by atoms with Crippen LogP contribution in [0.5, 0.6) is 0 Å². The number of pyridine rings is 1. The molecule has 4 heterocycles. The summed E-state index contributed by atoms with van der Waals surface area (Å²) in [4.78, 5) is 19.6. The van der Waals surface area contributed by atoms with Gasteiger partial charge in [0.1, 0.15) is 5.76 Å². The van der Waals surface area contributed by atoms with Crippen LogP contribution >= 0.6 is 0 Å². The maximum absolute atomic E-state index is 12.5. The van der Waals surface area contributed by atoms with E-state index in [1.807, 2.05) is 42.2 Å². The average Bonchev–Trinajstić information content (AvgIpc) is 3.48. The Bertz CT molecular complexity index is 1280. The predicted molar refractivity (Wildman–Crippen MR) is 125 cm³/mol. The molecule has 0 saturated heterocycles. The topological polar surface area (TPSA) is 76.2 Å². The standard InChI is InChI=1S/C26H27N5O2/c1-18-25(14-28-26(32)23-9-11-33-19(23)2)24-8-10-30(17-21(24)13-27-18)15-20-12-29-31(16-20)22-6-4-3-5-7-22/h3-7,9,11-13,16H,8,10,14-15,17H2,1-2H3,(H,28,32). The summed E-state index contributed by atoms with van der Waals surface area (Å²) in [6.07, 6.45) is 8.49. The molecule has 168 valence electrons. The number of amides is 1. The predicted octanol–water partition coefficient (Wildman–Crippen LogP) is 3.97. The normalized spacial score (nSPS) is 13.6. The first kappa shape index (κ1) is 21.2. The lowest BCUT2D eigenvalue weighted by Gasteiger charge is -2.30. The second-order valence-corrected chi connectivity index (χ2v) is 8.49. The number of fused-ring (bicyclic) bond motifs is 1. The van der Waals surface area contributed by atoms with Gasteiger partial charge in [0.15, 0.2) is 0 Å². The van der Waals surface area contributed by atoms with Crippen molar-refractivity contribution in [1.29, 1.82) is 0 Å². The van der Waals surface area contributed by atoms with Crippen molar-refractivity contribution in [2.24, 2.45) is 0 Å². The van der Waals surface area contributed by atoms with E-state index < -0.39 is 0 Å². The molecule has 0 aliphatic carbocycles. The van der Waals surface area contributed by atoms with Gasteiger partial charge in [0.2, 0.25) is 0 Å². The van der Waals surface area contributed by atoms with Crippen molar-refractivity contribution in [3.63, 3.8) is 0 Å². The molecule has 1 aromatic carbocycles. The van der Waals surface area contributed by atoms with E-state index in [9.17, 15) is 4.79 Å². The summed E-state index contributed by atoms with van der Waals surface area (Å²) >= 11 is 0. The summed E-state index contributed by atoms with van der Waals surface area (Å²) < 4.78 is 7.17. The smallest absolute Gasteiger partial charge is 0.255 e. The molecule has 1 aliphatic rings. The van der Waals surface area contributed by atoms with Crippen LogP contribution in [-0.2, 0) is 26.1 Å². The van der Waals surface area contributed by atoms with Crippen molar-refractivity contribution in [3.05, 3.63) is 101 Å². The highest BCUT2D eigenvalue weighted by molar-refractivity contribution is 5.95. The van der Waals surface area contributed by atoms with E-state index in [0.29, 0.717) is 17.9 Å². The summed E-state index contributed by atoms with van der Waals surface area (Å²) in [6, 6.07) is 11.8. The zero-order valence-corrected chi connectivity index (χ0v) is 18.9. The molecule has 0 unspecified atom stereocenters. The molecule has 1 N–H and O–H groups in total. The summed E-state index contributed by atoms with van der Waals surface area (Å²) in [5, 5.41) is 7.56. The SMILES string of the molecule is Cc1ncc2c(c1CNC(=O)c1ccoc1C)CCN(Cc1cnn(-c3ccccc3)c1)C2. The van der Waals surface area contributed by atoms with Crippen LogP contribution in [0.4, 0.5) is 0 Å². The number of nitrogens with zero attached hydrogens (tertiary/aromatic N) is 4. The van der Waals surface area contributed by atoms with E-state index in [0.717, 1.165) is 43.0 Å². The second kappa shape index (κ2) is 9.03. The van der Waals surface area contributed by atoms with Crippen molar-refractivity contribution in [2.75, 3.05) is 6.54 Å². The highest BCUT2D eigenvalue weighted by Crippen LogP contribution is 2.25. The van der Waals surface area contributed by atoms with Gasteiger partial charge in [-0.1, -0.05) is 18.2 Å². The van der Waals surface area contributed by atoms with Crippen LogP contribution in [0.1, 0.15) is 44.1 Å². The Kier molecular flexibility index (Phi) is 5.79. The summed E-state index contributed by atoms with van der Waals surface area (Å²) in [7, 11) is 0. The first-order valence-electron chi connectivity index (χ1n) is 11.2. The number of nitrogens with one attached hydrogen (secondary N) is 1. The monoisotopic (exact) mass is 441 g/mol. The molecule has 7 heteroatoms. The first-order chi connectivity index (χ1) is 16.1. The molecule has 7 nitrogen and oxygen atoms in total. The molecule has 33 heavy (non-hydrogen) atoms. The van der Waals surface area contributed by atoms with Crippen LogP contribution in [-0.4, -0.2) is 32.1 Å². The second-order valence-electron chi connectivity index (χ2n) is 8.49. The Morgan fingerprint density at radius 2 is 2.00 bits per heavy atom. The summed E-state index contributed by atoms with van der Waals surface area (Å²) in [6.45, 7) is 6.90. The van der Waals surface area contributed by atoms with Gasteiger partial charge in [-0.2, -0.15) is 5.10 Å². The highest BCUT2D eigenvalue weighted by atomic mass is 16.3. The number of rotatable bonds is 6. The third-order valence-corrected chi connectivity index (χ3v) is 6.27. The molecule has 3 aromatic heterocycles. The number of carbonyl (C=O) groups excluding carboxylic acids is 1. The largest absolute Gasteiger partial charge is 0.469 e. The van der Waals surface area contributed by atoms with Crippen molar-refractivity contribution >= 4 is 5.91 Å². The number of furan rings is 1. The van der Waals surface area contributed by atoms with Gasteiger partial charge in [-0.3, -0.25) is 14.7 Å². The Hall–Kier alpha value is -3.71. The van der Waals surface area contributed by atoms with E-state index in [1.54, 1.807) is 19.3 Å². The Labute approximate surface area is 193 Å². The van der Waals surface area contributed by atoms with Gasteiger partial charge in [0, 0.05) is 49.8 Å². The zero-order valence-electron chi connectivity index (χ0n) is 18.9. The van der Waals surface area contributed by atoms with E-state index in [1.165, 1.54) is 16.7 Å². The number of aryl methyl sites for hydroxylation is 2. The van der Waals surface area contributed by atoms with Crippen LogP contribution < -0.4 is 5.32 Å². The fourth-order valence-corrected chi connectivity index (χ4v) is 4.46. The van der Waals surface area contributed by atoms with Gasteiger partial charge in [-0.25, -0.2) is 4.68 Å². The van der Waals surface area contributed by atoms with E-state index in [2.05, 4.69) is 38.6 Å². The number of carbonyl (C=O) groups is 1. The van der Waals surface area contributed by atoms with Crippen LogP contribution in [0.3, 0.4) is 0 Å². The van der Waals surface area contributed by atoms with Gasteiger partial charge in [-0.15, -0.1) is 0 Å². The molecule has 0 spiro atoms. The number of aromatic nitrogens is 3. The maximum atomic E-state index is 12.5. The van der Waals surface area contributed by atoms with Crippen LogP contribution in [0.15, 0.2) is 65.7 Å². The quantitative estimate of drug-likeness (QED) is 0.490. The van der Waals surface area contributed by atoms with Crippen LogP contribution in [0.2, 0.25) is 0 Å². The number of hydrogen-bond acceptors (Lipinski definition) is 5. The van der Waals surface area contributed by atoms with Crippen molar-refractivity contribution < 1.29 is 9.21 Å². The van der Waals surface area contributed by atoms with E-state index in [4.69, 9.17) is 4.42 Å². The Morgan fingerprint density at radius 1 is 1.15 bits per heavy atom. The van der Waals surface area contributed by atoms with Gasteiger partial charge in [0.25, 0.3) is 5.91 Å². The summed E-state index contributed by atoms with van der Waals surface area (Å²) in [5.74, 6) is 0.509. The molecular formula is C26H27N5O2. The van der Waals surface area contributed by atoms with Gasteiger partial charge < -0.3 is 9.73 Å². The average molecular weight is 442 g/mol. The molecule has 0 atom stereocenters. The lowest BCUT2D eigenvalue weighted by Crippen LogP contribution is -2.32. The maximum Gasteiger partial charge on any atom is 0.255 e.